The molecule has 0 radical (unpaired) electrons. The van der Waals surface area contributed by atoms with Gasteiger partial charge in [0.1, 0.15) is 23.0 Å². The molecule has 0 aliphatic heterocycles. The van der Waals surface area contributed by atoms with Crippen LogP contribution in [0.15, 0.2) is 97.1 Å². The van der Waals surface area contributed by atoms with Gasteiger partial charge in [-0.15, -0.1) is 0 Å². The SMILES string of the molecule is C=C(C)C(=O)OCCCOc1c2cc(CCCCCC)cc1Cc1cc(CCCCCC)cc(c1OCCCOC(=O)/C=C\C(=O)OC)Cc1cc(CCCCCC)cc(c1OCCCOC(=O)C(=C)C)Cc1cc(CCCCCC)cc(c1OCCCOC(=O)/C=C\C(=O)OC)C2. The molecule has 4 aromatic carbocycles. The number of ether oxygens (including phenoxy) is 10. The Morgan fingerprint density at radius 1 is 0.316 bits per heavy atom. The van der Waals surface area contributed by atoms with Crippen molar-refractivity contribution in [2.24, 2.45) is 0 Å². The largest absolute Gasteiger partial charge is 0.493 e. The van der Waals surface area contributed by atoms with Gasteiger partial charge in [-0.2, -0.15) is 0 Å². The van der Waals surface area contributed by atoms with Crippen molar-refractivity contribution in [3.8, 4) is 23.0 Å². The minimum Gasteiger partial charge on any atom is -0.493 e. The summed E-state index contributed by atoms with van der Waals surface area (Å²) in [5.41, 5.74) is 13.1. The Bertz CT molecular complexity index is 2960. The average molecular weight is 1350 g/mol. The zero-order chi connectivity index (χ0) is 70.9. The van der Waals surface area contributed by atoms with Gasteiger partial charge in [-0.25, -0.2) is 28.8 Å². The number of hydrogen-bond acceptors (Lipinski definition) is 16. The lowest BCUT2D eigenvalue weighted by atomic mass is 9.87. The smallest absolute Gasteiger partial charge is 0.333 e. The third-order valence-electron chi connectivity index (χ3n) is 16.9. The van der Waals surface area contributed by atoms with Crippen molar-refractivity contribution >= 4 is 35.8 Å². The molecule has 0 aromatic heterocycles. The Labute approximate surface area is 584 Å². The van der Waals surface area contributed by atoms with E-state index in [4.69, 9.17) is 37.9 Å². The first-order chi connectivity index (χ1) is 47.5. The molecule has 0 saturated carbocycles. The fraction of sp³-hybridized carbons (Fsp3) is 0.537. The Hall–Kier alpha value is -8.14. The molecule has 8 bridgehead atoms. The van der Waals surface area contributed by atoms with E-state index in [-0.39, 0.29) is 52.9 Å². The number of fused-ring (bicyclic) bond motifs is 8. The molecule has 536 valence electrons. The standard InChI is InChI=1S/C82H112O16/c1-11-15-19-23-31-61-47-65-55-69-51-63(33-25-21-17-13-3)53-71(79(69)95-43-29-45-97-81(87)59(5)6)57-67-49-62(32-24-20-16-12-2)50-68(78(67)94-42-28-40-92-76(86)38-36-74(84)90-10)58-72-54-64(34-26-22-18-14-4)52-70(80(72)96-44-30-46-98-82(88)60(7)8)56-66(48-61)77(65)93-41-27-39-91-75(85)37-35-73(83)89-9/h35-38,47-54H,5,7,11-34,39-46,55-58H2,1-4,6,8-10H3/b37-35-,38-36-. The second-order valence-electron chi connectivity index (χ2n) is 25.6. The molecular weight excluding hydrogens is 1240 g/mol. The van der Waals surface area contributed by atoms with Gasteiger partial charge in [0.25, 0.3) is 0 Å². The number of hydrogen-bond donors (Lipinski definition) is 0. The van der Waals surface area contributed by atoms with E-state index in [0.717, 1.165) is 209 Å². The number of esters is 6. The monoisotopic (exact) mass is 1350 g/mol. The molecule has 0 fully saturated rings. The van der Waals surface area contributed by atoms with Crippen molar-refractivity contribution in [3.63, 3.8) is 0 Å². The highest BCUT2D eigenvalue weighted by Gasteiger charge is 2.26. The first-order valence-corrected chi connectivity index (χ1v) is 36.1. The Morgan fingerprint density at radius 2 is 0.541 bits per heavy atom. The molecule has 0 N–H and O–H groups in total. The zero-order valence-corrected chi connectivity index (χ0v) is 60.3. The van der Waals surface area contributed by atoms with Crippen LogP contribution in [0, 0.1) is 0 Å². The molecule has 0 amide bonds. The topological polar surface area (TPSA) is 195 Å². The van der Waals surface area contributed by atoms with Crippen LogP contribution in [0.25, 0.3) is 0 Å². The van der Waals surface area contributed by atoms with Crippen molar-refractivity contribution in [2.75, 3.05) is 67.1 Å². The molecule has 1 aliphatic carbocycles. The molecule has 16 heteroatoms. The van der Waals surface area contributed by atoms with Crippen LogP contribution < -0.4 is 18.9 Å². The van der Waals surface area contributed by atoms with Gasteiger partial charge in [-0.3, -0.25) is 0 Å². The predicted octanol–water partition coefficient (Wildman–Crippen LogP) is 16.7. The van der Waals surface area contributed by atoms with Gasteiger partial charge in [-0.1, -0.05) is 166 Å². The molecule has 4 aromatic rings. The Balaban J connectivity index is 1.90. The zero-order valence-electron chi connectivity index (χ0n) is 60.3. The number of rotatable bonds is 46. The van der Waals surface area contributed by atoms with Crippen molar-refractivity contribution in [1.82, 2.24) is 0 Å². The fourth-order valence-electron chi connectivity index (χ4n) is 11.9. The number of unbranched alkanes of at least 4 members (excludes halogenated alkanes) is 12. The number of benzene rings is 4. The van der Waals surface area contributed by atoms with Crippen molar-refractivity contribution < 1.29 is 76.1 Å². The lowest BCUT2D eigenvalue weighted by Gasteiger charge is -2.25. The van der Waals surface area contributed by atoms with Crippen LogP contribution >= 0.6 is 0 Å². The second-order valence-corrected chi connectivity index (χ2v) is 25.6. The third kappa shape index (κ3) is 29.5. The van der Waals surface area contributed by atoms with Gasteiger partial charge < -0.3 is 47.4 Å². The first kappa shape index (κ1) is 80.5. The van der Waals surface area contributed by atoms with Crippen molar-refractivity contribution in [1.29, 1.82) is 0 Å². The van der Waals surface area contributed by atoms with Crippen molar-refractivity contribution in [2.45, 2.75) is 221 Å². The number of methoxy groups -OCH3 is 2. The van der Waals surface area contributed by atoms with Crippen LogP contribution in [0.4, 0.5) is 0 Å². The van der Waals surface area contributed by atoms with Crippen LogP contribution in [0.3, 0.4) is 0 Å². The summed E-state index contributed by atoms with van der Waals surface area (Å²) in [6, 6.07) is 18.4. The summed E-state index contributed by atoms with van der Waals surface area (Å²) in [5.74, 6) is -0.709. The highest BCUT2D eigenvalue weighted by Crippen LogP contribution is 2.42. The molecule has 98 heavy (non-hydrogen) atoms. The van der Waals surface area contributed by atoms with Crippen LogP contribution in [-0.2, 0) is 109 Å². The van der Waals surface area contributed by atoms with E-state index in [2.05, 4.69) is 98.9 Å². The van der Waals surface area contributed by atoms with Gasteiger partial charge in [0.2, 0.25) is 0 Å². The Kier molecular flexibility index (Phi) is 38.0. The van der Waals surface area contributed by atoms with Gasteiger partial charge in [0.05, 0.1) is 67.1 Å². The molecule has 5 rings (SSSR count). The predicted molar refractivity (Wildman–Crippen MR) is 385 cm³/mol. The molecule has 0 heterocycles. The van der Waals surface area contributed by atoms with E-state index in [9.17, 15) is 28.8 Å². The summed E-state index contributed by atoms with van der Waals surface area (Å²) in [5, 5.41) is 0. The molecule has 16 nitrogen and oxygen atoms in total. The summed E-state index contributed by atoms with van der Waals surface area (Å²) in [6.07, 6.45) is 27.9. The van der Waals surface area contributed by atoms with E-state index in [0.29, 0.717) is 74.0 Å². The van der Waals surface area contributed by atoms with E-state index in [1.165, 1.54) is 36.5 Å². The van der Waals surface area contributed by atoms with Crippen LogP contribution in [-0.4, -0.2) is 103 Å². The normalized spacial score (nSPS) is 11.8. The highest BCUT2D eigenvalue weighted by atomic mass is 16.6. The highest BCUT2D eigenvalue weighted by molar-refractivity contribution is 5.92. The van der Waals surface area contributed by atoms with Crippen molar-refractivity contribution in [3.05, 3.63) is 164 Å². The molecule has 0 atom stereocenters. The molecule has 0 unspecified atom stereocenters. The van der Waals surface area contributed by atoms with E-state index in [1.54, 1.807) is 13.8 Å². The molecule has 0 saturated heterocycles. The third-order valence-corrected chi connectivity index (χ3v) is 16.9. The maximum Gasteiger partial charge on any atom is 0.333 e. The van der Waals surface area contributed by atoms with Gasteiger partial charge in [0, 0.05) is 86.8 Å². The van der Waals surface area contributed by atoms with E-state index in [1.807, 2.05) is 0 Å². The Morgan fingerprint density at radius 3 is 0.755 bits per heavy atom. The summed E-state index contributed by atoms with van der Waals surface area (Å²) in [6.45, 7) is 20.9. The van der Waals surface area contributed by atoms with Crippen LogP contribution in [0.2, 0.25) is 0 Å². The lowest BCUT2D eigenvalue weighted by Crippen LogP contribution is -2.14. The number of carbonyl (C=O) groups is 6. The average Bonchev–Trinajstić information content (AvgIpc) is 0.775. The number of aryl methyl sites for hydroxylation is 4. The quantitative estimate of drug-likeness (QED) is 0.0154. The van der Waals surface area contributed by atoms with Gasteiger partial charge in [-0.05, 0) is 132 Å². The number of carbonyl (C=O) groups excluding carboxylic acids is 6. The van der Waals surface area contributed by atoms with E-state index < -0.39 is 35.8 Å². The summed E-state index contributed by atoms with van der Waals surface area (Å²) < 4.78 is 60.3. The summed E-state index contributed by atoms with van der Waals surface area (Å²) in [4.78, 5) is 74.6. The summed E-state index contributed by atoms with van der Waals surface area (Å²) in [7, 11) is 2.49. The van der Waals surface area contributed by atoms with E-state index >= 15 is 0 Å². The fourth-order valence-corrected chi connectivity index (χ4v) is 11.9. The van der Waals surface area contributed by atoms with Crippen LogP contribution in [0.1, 0.15) is 237 Å². The first-order valence-electron chi connectivity index (χ1n) is 36.1. The van der Waals surface area contributed by atoms with Crippen LogP contribution in [0.5, 0.6) is 23.0 Å². The lowest BCUT2D eigenvalue weighted by molar-refractivity contribution is -0.140. The van der Waals surface area contributed by atoms with Gasteiger partial charge >= 0.3 is 35.8 Å². The molecular formula is C82H112O16. The molecule has 0 spiro atoms. The minimum atomic E-state index is -0.671. The van der Waals surface area contributed by atoms with Gasteiger partial charge in [0.15, 0.2) is 0 Å². The second kappa shape index (κ2) is 46.2. The maximum atomic E-state index is 12.8. The summed E-state index contributed by atoms with van der Waals surface area (Å²) >= 11 is 0. The molecule has 1 aliphatic rings. The minimum absolute atomic E-state index is 0.0343. The maximum absolute atomic E-state index is 12.8.